The van der Waals surface area contributed by atoms with Gasteiger partial charge < -0.3 is 14.5 Å². The van der Waals surface area contributed by atoms with Gasteiger partial charge in [-0.05, 0) is 48.3 Å². The van der Waals surface area contributed by atoms with Crippen LogP contribution in [-0.2, 0) is 9.47 Å². The maximum atomic E-state index is 6.44. The number of hydrazine groups is 1. The van der Waals surface area contributed by atoms with Crippen molar-refractivity contribution in [3.05, 3.63) is 11.4 Å². The van der Waals surface area contributed by atoms with Crippen molar-refractivity contribution in [2.45, 2.75) is 71.2 Å². The zero-order valence-corrected chi connectivity index (χ0v) is 16.7. The third kappa shape index (κ3) is 4.79. The van der Waals surface area contributed by atoms with E-state index in [9.17, 15) is 0 Å². The Kier molecular flexibility index (Phi) is 6.99. The summed E-state index contributed by atoms with van der Waals surface area (Å²) in [4.78, 5) is 6.69. The van der Waals surface area contributed by atoms with Crippen LogP contribution in [0.25, 0.3) is 0 Å². The van der Waals surface area contributed by atoms with E-state index < -0.39 is 0 Å². The fraction of sp³-hybridized carbons (Fsp3) is 0.833. The molecule has 0 amide bonds. The van der Waals surface area contributed by atoms with Gasteiger partial charge in [-0.3, -0.25) is 9.89 Å². The van der Waals surface area contributed by atoms with Gasteiger partial charge in [-0.1, -0.05) is 0 Å². The number of nitrogens with zero attached hydrogens (tertiary/aromatic N) is 3. The second-order valence-electron chi connectivity index (χ2n) is 8.33. The quantitative estimate of drug-likeness (QED) is 0.484. The predicted molar refractivity (Wildman–Crippen MR) is 99.9 cm³/mol. The molecule has 2 atom stereocenters. The summed E-state index contributed by atoms with van der Waals surface area (Å²) in [5.41, 5.74) is 1.54. The van der Waals surface area contributed by atoms with Gasteiger partial charge in [0.2, 0.25) is 0 Å². The molecule has 1 rings (SSSR count). The smallest absolute Gasteiger partial charge is 0.128 e. The Labute approximate surface area is 147 Å². The molecule has 0 saturated carbocycles. The van der Waals surface area contributed by atoms with E-state index in [1.165, 1.54) is 0 Å². The standard InChI is InChI=1S/C18H36N4O2/c1-17(2,3)21-11-10-13(22(19)18(4,5)6)15(20-7)16(24-9)14(12-21)23-8/h14,16H,7,10-12,19H2,1-6,8-9H3/b15-13-. The van der Waals surface area contributed by atoms with E-state index in [4.69, 9.17) is 15.3 Å². The van der Waals surface area contributed by atoms with Crippen molar-refractivity contribution in [3.63, 3.8) is 0 Å². The van der Waals surface area contributed by atoms with Crippen molar-refractivity contribution < 1.29 is 9.47 Å². The van der Waals surface area contributed by atoms with Gasteiger partial charge in [0.05, 0.1) is 11.4 Å². The van der Waals surface area contributed by atoms with Crippen molar-refractivity contribution >= 4 is 6.72 Å². The number of methoxy groups -OCH3 is 2. The molecule has 0 aliphatic carbocycles. The Morgan fingerprint density at radius 1 is 1.17 bits per heavy atom. The highest BCUT2D eigenvalue weighted by Gasteiger charge is 2.36. The Morgan fingerprint density at radius 2 is 1.75 bits per heavy atom. The van der Waals surface area contributed by atoms with Crippen LogP contribution in [0, 0.1) is 0 Å². The zero-order valence-electron chi connectivity index (χ0n) is 16.7. The summed E-state index contributed by atoms with van der Waals surface area (Å²) in [7, 11) is 3.39. The molecular formula is C18H36N4O2. The van der Waals surface area contributed by atoms with Crippen LogP contribution in [0.2, 0.25) is 0 Å². The van der Waals surface area contributed by atoms with E-state index in [0.717, 1.165) is 30.9 Å². The van der Waals surface area contributed by atoms with E-state index >= 15 is 0 Å². The molecule has 1 aliphatic heterocycles. The van der Waals surface area contributed by atoms with Crippen LogP contribution in [0.1, 0.15) is 48.0 Å². The molecule has 2 N–H and O–H groups in total. The van der Waals surface area contributed by atoms with Crippen LogP contribution in [0.15, 0.2) is 16.4 Å². The molecule has 0 radical (unpaired) electrons. The molecule has 6 heteroatoms. The second-order valence-corrected chi connectivity index (χ2v) is 8.33. The third-order valence-electron chi connectivity index (χ3n) is 4.61. The highest BCUT2D eigenvalue weighted by atomic mass is 16.5. The largest absolute Gasteiger partial charge is 0.377 e. The zero-order chi connectivity index (χ0) is 18.7. The summed E-state index contributed by atoms with van der Waals surface area (Å²) in [5.74, 6) is 6.44. The van der Waals surface area contributed by atoms with Crippen LogP contribution in [0.4, 0.5) is 0 Å². The minimum atomic E-state index is -0.305. The van der Waals surface area contributed by atoms with Gasteiger partial charge in [0.1, 0.15) is 12.2 Å². The van der Waals surface area contributed by atoms with E-state index in [-0.39, 0.29) is 23.3 Å². The van der Waals surface area contributed by atoms with Crippen molar-refractivity contribution in [2.24, 2.45) is 10.8 Å². The molecule has 6 nitrogen and oxygen atoms in total. The maximum absolute atomic E-state index is 6.44. The summed E-state index contributed by atoms with van der Waals surface area (Å²) in [6, 6.07) is 0. The van der Waals surface area contributed by atoms with Gasteiger partial charge in [0.25, 0.3) is 0 Å². The lowest BCUT2D eigenvalue weighted by Crippen LogP contribution is -2.54. The summed E-state index contributed by atoms with van der Waals surface area (Å²) in [6.07, 6.45) is 0.342. The average Bonchev–Trinajstić information content (AvgIpc) is 2.44. The third-order valence-corrected chi connectivity index (χ3v) is 4.61. The Balaban J connectivity index is 3.42. The Hall–Kier alpha value is -0.950. The fourth-order valence-corrected chi connectivity index (χ4v) is 3.01. The molecule has 0 saturated heterocycles. The van der Waals surface area contributed by atoms with Crippen LogP contribution in [0.5, 0.6) is 0 Å². The first kappa shape index (κ1) is 21.1. The molecule has 0 aromatic rings. The summed E-state index contributed by atoms with van der Waals surface area (Å²) >= 11 is 0. The number of hydrogen-bond donors (Lipinski definition) is 1. The molecule has 0 fully saturated rings. The van der Waals surface area contributed by atoms with Gasteiger partial charge in [-0.2, -0.15) is 0 Å². The highest BCUT2D eigenvalue weighted by Crippen LogP contribution is 2.30. The number of aliphatic imine (C=N–C) groups is 1. The molecule has 0 spiro atoms. The van der Waals surface area contributed by atoms with E-state index in [0.29, 0.717) is 0 Å². The minimum Gasteiger partial charge on any atom is -0.377 e. The van der Waals surface area contributed by atoms with E-state index in [1.807, 2.05) is 0 Å². The van der Waals surface area contributed by atoms with Crippen LogP contribution >= 0.6 is 0 Å². The molecule has 2 unspecified atom stereocenters. The normalized spacial score (nSPS) is 27.5. The monoisotopic (exact) mass is 340 g/mol. The number of hydrogen-bond acceptors (Lipinski definition) is 6. The lowest BCUT2D eigenvalue weighted by Gasteiger charge is -2.44. The summed E-state index contributed by atoms with van der Waals surface area (Å²) < 4.78 is 11.5. The molecular weight excluding hydrogens is 304 g/mol. The van der Waals surface area contributed by atoms with Crippen molar-refractivity contribution in [1.29, 1.82) is 0 Å². The lowest BCUT2D eigenvalue weighted by molar-refractivity contribution is -0.0526. The number of ether oxygens (including phenoxy) is 2. The fourth-order valence-electron chi connectivity index (χ4n) is 3.01. The second kappa shape index (κ2) is 7.95. The van der Waals surface area contributed by atoms with Gasteiger partial charge in [0.15, 0.2) is 0 Å². The van der Waals surface area contributed by atoms with Gasteiger partial charge in [0, 0.05) is 44.8 Å². The molecule has 0 aromatic carbocycles. The Bertz CT molecular complexity index is 463. The molecule has 24 heavy (non-hydrogen) atoms. The molecule has 1 aliphatic rings. The predicted octanol–water partition coefficient (Wildman–Crippen LogP) is 2.41. The summed E-state index contributed by atoms with van der Waals surface area (Å²) in [6.45, 7) is 18.3. The average molecular weight is 341 g/mol. The molecule has 140 valence electrons. The number of nitrogens with two attached hydrogens (primary N) is 1. The Morgan fingerprint density at radius 3 is 2.12 bits per heavy atom. The van der Waals surface area contributed by atoms with Crippen molar-refractivity contribution in [2.75, 3.05) is 27.3 Å². The summed E-state index contributed by atoms with van der Waals surface area (Å²) in [5, 5.41) is 1.79. The van der Waals surface area contributed by atoms with E-state index in [2.05, 4.69) is 58.2 Å². The van der Waals surface area contributed by atoms with Crippen LogP contribution in [0.3, 0.4) is 0 Å². The number of rotatable bonds is 4. The van der Waals surface area contributed by atoms with Crippen molar-refractivity contribution in [3.8, 4) is 0 Å². The van der Waals surface area contributed by atoms with Crippen molar-refractivity contribution in [1.82, 2.24) is 9.91 Å². The van der Waals surface area contributed by atoms with Gasteiger partial charge in [-0.25, -0.2) is 5.84 Å². The van der Waals surface area contributed by atoms with Crippen LogP contribution < -0.4 is 5.84 Å². The molecule has 0 bridgehead atoms. The molecule has 1 heterocycles. The van der Waals surface area contributed by atoms with Crippen LogP contribution in [-0.4, -0.2) is 67.2 Å². The topological polar surface area (TPSA) is 63.3 Å². The lowest BCUT2D eigenvalue weighted by atomic mass is 9.96. The maximum Gasteiger partial charge on any atom is 0.128 e. The minimum absolute atomic E-state index is 0.0282. The first-order valence-electron chi connectivity index (χ1n) is 8.52. The molecule has 0 aromatic heterocycles. The first-order valence-corrected chi connectivity index (χ1v) is 8.52. The van der Waals surface area contributed by atoms with Gasteiger partial charge in [-0.15, -0.1) is 0 Å². The van der Waals surface area contributed by atoms with Gasteiger partial charge >= 0.3 is 0 Å². The SMILES string of the molecule is C=N/C1=C(\N(N)C(C)(C)C)CCN(C(C)(C)C)CC(OC)C1OC. The highest BCUT2D eigenvalue weighted by molar-refractivity contribution is 5.33. The van der Waals surface area contributed by atoms with E-state index in [1.54, 1.807) is 19.2 Å². The first-order chi connectivity index (χ1) is 11.0.